The maximum Gasteiger partial charge on any atom is 0.262 e. The van der Waals surface area contributed by atoms with E-state index in [1.807, 2.05) is 0 Å². The fourth-order valence-corrected chi connectivity index (χ4v) is 2.82. The molecule has 7 heteroatoms. The van der Waals surface area contributed by atoms with E-state index >= 15 is 0 Å². The number of rotatable bonds is 6. The van der Waals surface area contributed by atoms with E-state index in [2.05, 4.69) is 5.32 Å². The molecule has 3 rings (SSSR count). The van der Waals surface area contributed by atoms with Crippen LogP contribution in [0.3, 0.4) is 0 Å². The number of ether oxygens (including phenoxy) is 1. The van der Waals surface area contributed by atoms with Gasteiger partial charge in [-0.2, -0.15) is 0 Å². The van der Waals surface area contributed by atoms with E-state index in [0.717, 1.165) is 4.90 Å². The number of carbonyl (C=O) groups excluding carboxylic acids is 3. The lowest BCUT2D eigenvalue weighted by Crippen LogP contribution is -2.48. The summed E-state index contributed by atoms with van der Waals surface area (Å²) in [4.78, 5) is 38.1. The number of hydrogen-bond donors (Lipinski definition) is 1. The largest absolute Gasteiger partial charge is 0.492 e. The first-order valence-electron chi connectivity index (χ1n) is 8.12. The summed E-state index contributed by atoms with van der Waals surface area (Å²) in [6.07, 6.45) is 0. The fourth-order valence-electron chi connectivity index (χ4n) is 2.70. The van der Waals surface area contributed by atoms with Crippen LogP contribution in [-0.4, -0.2) is 41.8 Å². The Balaban J connectivity index is 1.53. The van der Waals surface area contributed by atoms with E-state index in [9.17, 15) is 14.4 Å². The van der Waals surface area contributed by atoms with E-state index in [4.69, 9.17) is 16.3 Å². The first-order chi connectivity index (χ1) is 12.5. The quantitative estimate of drug-likeness (QED) is 0.624. The normalized spacial score (nSPS) is 14.2. The van der Waals surface area contributed by atoms with Crippen LogP contribution in [0.5, 0.6) is 5.75 Å². The van der Waals surface area contributed by atoms with Gasteiger partial charge in [-0.15, -0.1) is 0 Å². The van der Waals surface area contributed by atoms with Crippen LogP contribution in [-0.2, 0) is 4.79 Å². The van der Waals surface area contributed by atoms with Crippen molar-refractivity contribution in [3.8, 4) is 5.75 Å². The molecule has 1 N–H and O–H groups in total. The third kappa shape index (κ3) is 3.55. The Morgan fingerprint density at radius 2 is 1.65 bits per heavy atom. The summed E-state index contributed by atoms with van der Waals surface area (Å²) >= 11 is 5.80. The van der Waals surface area contributed by atoms with Gasteiger partial charge in [0.05, 0.1) is 17.7 Å². The van der Waals surface area contributed by atoms with E-state index in [0.29, 0.717) is 21.9 Å². The van der Waals surface area contributed by atoms with Crippen molar-refractivity contribution in [1.29, 1.82) is 0 Å². The van der Waals surface area contributed by atoms with Crippen molar-refractivity contribution in [3.05, 3.63) is 64.7 Å². The van der Waals surface area contributed by atoms with Crippen LogP contribution in [0, 0.1) is 0 Å². The highest BCUT2D eigenvalue weighted by molar-refractivity contribution is 6.30. The SMILES string of the molecule is C[C@H](C(=O)NCCOc1ccc(Cl)cc1)N1C(=O)c2ccccc2C1=O. The molecule has 0 saturated heterocycles. The van der Waals surface area contributed by atoms with Crippen molar-refractivity contribution in [2.75, 3.05) is 13.2 Å². The summed E-state index contributed by atoms with van der Waals surface area (Å²) in [5, 5.41) is 3.28. The lowest BCUT2D eigenvalue weighted by molar-refractivity contribution is -0.124. The number of imide groups is 1. The molecule has 0 spiro atoms. The van der Waals surface area contributed by atoms with E-state index < -0.39 is 23.8 Å². The summed E-state index contributed by atoms with van der Waals surface area (Å²) in [6.45, 7) is 2.02. The zero-order valence-electron chi connectivity index (χ0n) is 14.1. The van der Waals surface area contributed by atoms with Crippen LogP contribution in [0.15, 0.2) is 48.5 Å². The van der Waals surface area contributed by atoms with Gasteiger partial charge in [0.25, 0.3) is 11.8 Å². The van der Waals surface area contributed by atoms with Gasteiger partial charge in [0.2, 0.25) is 5.91 Å². The minimum atomic E-state index is -0.905. The molecule has 1 aliphatic heterocycles. The van der Waals surface area contributed by atoms with Crippen molar-refractivity contribution in [1.82, 2.24) is 10.2 Å². The Labute approximate surface area is 155 Å². The molecule has 0 bridgehead atoms. The topological polar surface area (TPSA) is 75.7 Å². The monoisotopic (exact) mass is 372 g/mol. The van der Waals surface area contributed by atoms with Crippen molar-refractivity contribution in [2.45, 2.75) is 13.0 Å². The van der Waals surface area contributed by atoms with Gasteiger partial charge in [-0.05, 0) is 43.3 Å². The van der Waals surface area contributed by atoms with Crippen LogP contribution >= 0.6 is 11.6 Å². The second kappa shape index (κ2) is 7.58. The minimum Gasteiger partial charge on any atom is -0.492 e. The zero-order valence-corrected chi connectivity index (χ0v) is 14.8. The fraction of sp³-hybridized carbons (Fsp3) is 0.211. The van der Waals surface area contributed by atoms with E-state index in [-0.39, 0.29) is 13.2 Å². The van der Waals surface area contributed by atoms with Gasteiger partial charge >= 0.3 is 0 Å². The summed E-state index contributed by atoms with van der Waals surface area (Å²) in [6, 6.07) is 12.5. The molecular formula is C19H17ClN2O4. The van der Waals surface area contributed by atoms with Crippen molar-refractivity contribution < 1.29 is 19.1 Å². The molecule has 26 heavy (non-hydrogen) atoms. The van der Waals surface area contributed by atoms with Gasteiger partial charge < -0.3 is 10.1 Å². The first-order valence-corrected chi connectivity index (χ1v) is 8.50. The molecule has 0 unspecified atom stereocenters. The molecular weight excluding hydrogens is 356 g/mol. The number of amides is 3. The average molecular weight is 373 g/mol. The number of carbonyl (C=O) groups is 3. The van der Waals surface area contributed by atoms with E-state index in [1.165, 1.54) is 6.92 Å². The number of nitrogens with one attached hydrogen (secondary N) is 1. The van der Waals surface area contributed by atoms with Crippen molar-refractivity contribution >= 4 is 29.3 Å². The zero-order chi connectivity index (χ0) is 18.7. The predicted octanol–water partition coefficient (Wildman–Crippen LogP) is 2.52. The smallest absolute Gasteiger partial charge is 0.262 e. The van der Waals surface area contributed by atoms with Crippen LogP contribution in [0.25, 0.3) is 0 Å². The minimum absolute atomic E-state index is 0.245. The highest BCUT2D eigenvalue weighted by Gasteiger charge is 2.40. The maximum atomic E-state index is 12.4. The molecule has 0 aromatic heterocycles. The molecule has 1 aliphatic rings. The standard InChI is InChI=1S/C19H17ClN2O4/c1-12(22-18(24)15-4-2-3-5-16(15)19(22)25)17(23)21-10-11-26-14-8-6-13(20)7-9-14/h2-9,12H,10-11H2,1H3,(H,21,23)/t12-/m1/s1. The molecule has 1 atom stereocenters. The Hall–Kier alpha value is -2.86. The first kappa shape index (κ1) is 17.9. The number of fused-ring (bicyclic) bond motifs is 1. The lowest BCUT2D eigenvalue weighted by Gasteiger charge is -2.21. The Bertz CT molecular complexity index is 816. The maximum absolute atomic E-state index is 12.4. The summed E-state index contributed by atoms with van der Waals surface area (Å²) in [7, 11) is 0. The number of benzene rings is 2. The molecule has 0 saturated carbocycles. The van der Waals surface area contributed by atoms with Gasteiger partial charge in [0, 0.05) is 5.02 Å². The molecule has 0 fully saturated rings. The molecule has 0 aliphatic carbocycles. The Kier molecular flexibility index (Phi) is 5.23. The summed E-state index contributed by atoms with van der Waals surface area (Å²) < 4.78 is 5.49. The number of nitrogens with zero attached hydrogens (tertiary/aromatic N) is 1. The molecule has 134 valence electrons. The van der Waals surface area contributed by atoms with Crippen LogP contribution < -0.4 is 10.1 Å². The number of halogens is 1. The van der Waals surface area contributed by atoms with Gasteiger partial charge in [0.1, 0.15) is 18.4 Å². The van der Waals surface area contributed by atoms with Crippen LogP contribution in [0.4, 0.5) is 0 Å². The second-order valence-corrected chi connectivity index (χ2v) is 6.23. The van der Waals surface area contributed by atoms with E-state index in [1.54, 1.807) is 48.5 Å². The third-order valence-electron chi connectivity index (χ3n) is 4.08. The van der Waals surface area contributed by atoms with Gasteiger partial charge in [-0.25, -0.2) is 0 Å². The van der Waals surface area contributed by atoms with Crippen molar-refractivity contribution in [3.63, 3.8) is 0 Å². The summed E-state index contributed by atoms with van der Waals surface area (Å²) in [5.74, 6) is -0.687. The molecule has 3 amide bonds. The van der Waals surface area contributed by atoms with Crippen molar-refractivity contribution in [2.24, 2.45) is 0 Å². The van der Waals surface area contributed by atoms with Crippen LogP contribution in [0.1, 0.15) is 27.6 Å². The molecule has 2 aromatic rings. The third-order valence-corrected chi connectivity index (χ3v) is 4.33. The molecule has 0 radical (unpaired) electrons. The van der Waals surface area contributed by atoms with Gasteiger partial charge in [0.15, 0.2) is 0 Å². The van der Waals surface area contributed by atoms with Gasteiger partial charge in [-0.1, -0.05) is 23.7 Å². The van der Waals surface area contributed by atoms with Crippen LogP contribution in [0.2, 0.25) is 5.02 Å². The second-order valence-electron chi connectivity index (χ2n) is 5.80. The molecule has 2 aromatic carbocycles. The number of hydrogen-bond acceptors (Lipinski definition) is 4. The highest BCUT2D eigenvalue weighted by atomic mass is 35.5. The Morgan fingerprint density at radius 3 is 2.23 bits per heavy atom. The predicted molar refractivity (Wildman–Crippen MR) is 96.4 cm³/mol. The van der Waals surface area contributed by atoms with Gasteiger partial charge in [-0.3, -0.25) is 19.3 Å². The molecule has 6 nitrogen and oxygen atoms in total. The average Bonchev–Trinajstić information content (AvgIpc) is 2.90. The summed E-state index contributed by atoms with van der Waals surface area (Å²) in [5.41, 5.74) is 0.645. The highest BCUT2D eigenvalue weighted by Crippen LogP contribution is 2.24. The lowest BCUT2D eigenvalue weighted by atomic mass is 10.1. The Morgan fingerprint density at radius 1 is 1.08 bits per heavy atom. The molecule has 1 heterocycles.